The van der Waals surface area contributed by atoms with Crippen molar-refractivity contribution >= 4 is 17.0 Å². The Balaban J connectivity index is 2.37. The maximum Gasteiger partial charge on any atom is 0.324 e. The number of imidazole rings is 1. The van der Waals surface area contributed by atoms with Crippen LogP contribution in [-0.4, -0.2) is 35.2 Å². The standard InChI is InChI=1S/C15H21N3O2/c1-4-14-17-11-8-6-7-9-13(11)18(14)10-12(16-5-2)15(19)20-3/h6-9,12,16H,4-5,10H2,1-3H3. The summed E-state index contributed by atoms with van der Waals surface area (Å²) in [6.07, 6.45) is 0.828. The minimum absolute atomic E-state index is 0.244. The average Bonchev–Trinajstić information content (AvgIpc) is 2.84. The number of esters is 1. The molecule has 108 valence electrons. The number of nitrogens with zero attached hydrogens (tertiary/aromatic N) is 2. The first-order valence-electron chi connectivity index (χ1n) is 6.96. The van der Waals surface area contributed by atoms with Crippen molar-refractivity contribution in [2.45, 2.75) is 32.9 Å². The van der Waals surface area contributed by atoms with Crippen LogP contribution in [0.15, 0.2) is 24.3 Å². The molecule has 0 saturated heterocycles. The highest BCUT2D eigenvalue weighted by Gasteiger charge is 2.21. The Bertz CT molecular complexity index is 592. The molecule has 20 heavy (non-hydrogen) atoms. The van der Waals surface area contributed by atoms with Crippen LogP contribution >= 0.6 is 0 Å². The molecule has 0 aliphatic rings. The Morgan fingerprint density at radius 1 is 1.40 bits per heavy atom. The van der Waals surface area contributed by atoms with Crippen LogP contribution in [0.4, 0.5) is 0 Å². The fraction of sp³-hybridized carbons (Fsp3) is 0.467. The lowest BCUT2D eigenvalue weighted by molar-refractivity contribution is -0.143. The summed E-state index contributed by atoms with van der Waals surface area (Å²) in [7, 11) is 1.42. The summed E-state index contributed by atoms with van der Waals surface area (Å²) >= 11 is 0. The number of hydrogen-bond donors (Lipinski definition) is 1. The number of para-hydroxylation sites is 2. The predicted octanol–water partition coefficient (Wildman–Crippen LogP) is 1.75. The average molecular weight is 275 g/mol. The number of aryl methyl sites for hydroxylation is 1. The molecule has 0 spiro atoms. The Morgan fingerprint density at radius 2 is 2.15 bits per heavy atom. The number of benzene rings is 1. The lowest BCUT2D eigenvalue weighted by Crippen LogP contribution is -2.41. The second-order valence-electron chi connectivity index (χ2n) is 4.61. The molecule has 1 aromatic heterocycles. The molecule has 5 nitrogen and oxygen atoms in total. The minimum Gasteiger partial charge on any atom is -0.468 e. The molecule has 1 heterocycles. The smallest absolute Gasteiger partial charge is 0.324 e. The molecule has 0 bridgehead atoms. The molecule has 1 aromatic carbocycles. The van der Waals surface area contributed by atoms with Gasteiger partial charge in [0.15, 0.2) is 0 Å². The highest BCUT2D eigenvalue weighted by atomic mass is 16.5. The molecule has 2 aromatic rings. The summed E-state index contributed by atoms with van der Waals surface area (Å²) in [6, 6.07) is 7.63. The number of aromatic nitrogens is 2. The molecular formula is C15H21N3O2. The molecule has 0 radical (unpaired) electrons. The number of carbonyl (C=O) groups excluding carboxylic acids is 1. The van der Waals surface area contributed by atoms with Crippen molar-refractivity contribution in [2.24, 2.45) is 0 Å². The molecule has 1 N–H and O–H groups in total. The number of carbonyl (C=O) groups is 1. The van der Waals surface area contributed by atoms with E-state index in [0.29, 0.717) is 13.1 Å². The summed E-state index contributed by atoms with van der Waals surface area (Å²) in [6.45, 7) is 5.29. The first-order chi connectivity index (χ1) is 9.71. The number of likely N-dealkylation sites (N-methyl/N-ethyl adjacent to an activating group) is 1. The molecule has 1 atom stereocenters. The summed E-state index contributed by atoms with van der Waals surface area (Å²) in [5.74, 6) is 0.740. The maximum absolute atomic E-state index is 11.8. The van der Waals surface area contributed by atoms with Crippen molar-refractivity contribution in [2.75, 3.05) is 13.7 Å². The second-order valence-corrected chi connectivity index (χ2v) is 4.61. The third-order valence-electron chi connectivity index (χ3n) is 3.35. The van der Waals surface area contributed by atoms with Crippen molar-refractivity contribution in [3.63, 3.8) is 0 Å². The van der Waals surface area contributed by atoms with Gasteiger partial charge in [-0.3, -0.25) is 4.79 Å². The number of rotatable bonds is 6. The fourth-order valence-electron chi connectivity index (χ4n) is 2.39. The van der Waals surface area contributed by atoms with E-state index in [1.54, 1.807) is 0 Å². The van der Waals surface area contributed by atoms with Gasteiger partial charge in [0.05, 0.1) is 24.7 Å². The van der Waals surface area contributed by atoms with Crippen molar-refractivity contribution in [1.82, 2.24) is 14.9 Å². The molecule has 2 rings (SSSR count). The monoisotopic (exact) mass is 275 g/mol. The van der Waals surface area contributed by atoms with Crippen molar-refractivity contribution in [3.8, 4) is 0 Å². The molecule has 0 amide bonds. The number of fused-ring (bicyclic) bond motifs is 1. The van der Waals surface area contributed by atoms with E-state index < -0.39 is 0 Å². The SMILES string of the molecule is CCNC(Cn1c(CC)nc2ccccc21)C(=O)OC. The topological polar surface area (TPSA) is 56.2 Å². The third kappa shape index (κ3) is 2.82. The van der Waals surface area contributed by atoms with E-state index in [1.807, 2.05) is 31.2 Å². The van der Waals surface area contributed by atoms with Gasteiger partial charge in [-0.1, -0.05) is 26.0 Å². The molecule has 0 saturated carbocycles. The van der Waals surface area contributed by atoms with Crippen LogP contribution in [0, 0.1) is 0 Å². The lowest BCUT2D eigenvalue weighted by Gasteiger charge is -2.17. The van der Waals surface area contributed by atoms with E-state index in [0.717, 1.165) is 23.3 Å². The van der Waals surface area contributed by atoms with Crippen LogP contribution < -0.4 is 5.32 Å². The Labute approximate surface area is 118 Å². The molecule has 1 unspecified atom stereocenters. The van der Waals surface area contributed by atoms with Gasteiger partial charge in [0.25, 0.3) is 0 Å². The lowest BCUT2D eigenvalue weighted by atomic mass is 10.2. The predicted molar refractivity (Wildman–Crippen MR) is 78.6 cm³/mol. The zero-order valence-corrected chi connectivity index (χ0v) is 12.2. The van der Waals surface area contributed by atoms with Gasteiger partial charge in [0, 0.05) is 6.42 Å². The highest BCUT2D eigenvalue weighted by molar-refractivity contribution is 5.78. The molecular weight excluding hydrogens is 254 g/mol. The van der Waals surface area contributed by atoms with Gasteiger partial charge < -0.3 is 14.6 Å². The van der Waals surface area contributed by atoms with Gasteiger partial charge in [0.1, 0.15) is 11.9 Å². The molecule has 5 heteroatoms. The zero-order chi connectivity index (χ0) is 14.5. The van der Waals surface area contributed by atoms with Gasteiger partial charge >= 0.3 is 5.97 Å². The van der Waals surface area contributed by atoms with Gasteiger partial charge in [0.2, 0.25) is 0 Å². The van der Waals surface area contributed by atoms with Gasteiger partial charge in [-0.2, -0.15) is 0 Å². The Hall–Kier alpha value is -1.88. The van der Waals surface area contributed by atoms with E-state index in [4.69, 9.17) is 4.74 Å². The van der Waals surface area contributed by atoms with Crippen LogP contribution in [0.3, 0.4) is 0 Å². The number of nitrogens with one attached hydrogen (secondary N) is 1. The summed E-state index contributed by atoms with van der Waals surface area (Å²) in [4.78, 5) is 16.5. The minimum atomic E-state index is -0.354. The number of methoxy groups -OCH3 is 1. The summed E-state index contributed by atoms with van der Waals surface area (Å²) < 4.78 is 6.96. The fourth-order valence-corrected chi connectivity index (χ4v) is 2.39. The van der Waals surface area contributed by atoms with E-state index in [2.05, 4.69) is 21.8 Å². The summed E-state index contributed by atoms with van der Waals surface area (Å²) in [5.41, 5.74) is 2.01. The van der Waals surface area contributed by atoms with Crippen LogP contribution in [0.2, 0.25) is 0 Å². The zero-order valence-electron chi connectivity index (χ0n) is 12.2. The van der Waals surface area contributed by atoms with Crippen molar-refractivity contribution < 1.29 is 9.53 Å². The van der Waals surface area contributed by atoms with Crippen molar-refractivity contribution in [3.05, 3.63) is 30.1 Å². The summed E-state index contributed by atoms with van der Waals surface area (Å²) in [5, 5.41) is 3.16. The van der Waals surface area contributed by atoms with Gasteiger partial charge in [-0.25, -0.2) is 4.98 Å². The first-order valence-corrected chi connectivity index (χ1v) is 6.96. The first kappa shape index (κ1) is 14.5. The van der Waals surface area contributed by atoms with Crippen LogP contribution in [0.1, 0.15) is 19.7 Å². The van der Waals surface area contributed by atoms with E-state index in [1.165, 1.54) is 7.11 Å². The Morgan fingerprint density at radius 3 is 2.80 bits per heavy atom. The highest BCUT2D eigenvalue weighted by Crippen LogP contribution is 2.17. The van der Waals surface area contributed by atoms with Gasteiger partial charge in [-0.15, -0.1) is 0 Å². The third-order valence-corrected chi connectivity index (χ3v) is 3.35. The van der Waals surface area contributed by atoms with Gasteiger partial charge in [-0.05, 0) is 18.7 Å². The van der Waals surface area contributed by atoms with Crippen LogP contribution in [0.5, 0.6) is 0 Å². The number of ether oxygens (including phenoxy) is 1. The van der Waals surface area contributed by atoms with E-state index in [9.17, 15) is 4.79 Å². The number of hydrogen-bond acceptors (Lipinski definition) is 4. The second kappa shape index (κ2) is 6.52. The van der Waals surface area contributed by atoms with E-state index >= 15 is 0 Å². The normalized spacial score (nSPS) is 12.6. The molecule has 0 fully saturated rings. The largest absolute Gasteiger partial charge is 0.468 e. The van der Waals surface area contributed by atoms with Crippen molar-refractivity contribution in [1.29, 1.82) is 0 Å². The quantitative estimate of drug-likeness (QED) is 0.816. The Kier molecular flexibility index (Phi) is 4.74. The maximum atomic E-state index is 11.8. The molecule has 0 aliphatic carbocycles. The molecule has 0 aliphatic heterocycles. The van der Waals surface area contributed by atoms with E-state index in [-0.39, 0.29) is 12.0 Å². The van der Waals surface area contributed by atoms with Crippen LogP contribution in [-0.2, 0) is 22.5 Å². The van der Waals surface area contributed by atoms with Crippen LogP contribution in [0.25, 0.3) is 11.0 Å².